The topological polar surface area (TPSA) is 49.4 Å². The first-order valence-electron chi connectivity index (χ1n) is 9.29. The van der Waals surface area contributed by atoms with Crippen LogP contribution in [0.15, 0.2) is 36.4 Å². The molecular formula is C21H26N2O2S2. The van der Waals surface area contributed by atoms with E-state index in [2.05, 4.69) is 24.4 Å². The lowest BCUT2D eigenvalue weighted by Gasteiger charge is -2.26. The third kappa shape index (κ3) is 5.14. The number of thiophene rings is 1. The first-order chi connectivity index (χ1) is 12.9. The number of anilines is 1. The Balaban J connectivity index is 1.52. The number of thioether (sulfide) groups is 1. The molecule has 4 nitrogen and oxygen atoms in total. The second kappa shape index (κ2) is 8.93. The Labute approximate surface area is 169 Å². The van der Waals surface area contributed by atoms with Crippen LogP contribution in [0, 0.1) is 13.8 Å². The Morgan fingerprint density at radius 1 is 1.22 bits per heavy atom. The Hall–Kier alpha value is -1.79. The van der Waals surface area contributed by atoms with Gasteiger partial charge < -0.3 is 10.2 Å². The molecule has 2 aromatic rings. The van der Waals surface area contributed by atoms with Crippen molar-refractivity contribution in [3.05, 3.63) is 51.7 Å². The summed E-state index contributed by atoms with van der Waals surface area (Å²) in [4.78, 5) is 29.7. The van der Waals surface area contributed by atoms with E-state index in [1.54, 1.807) is 11.3 Å². The summed E-state index contributed by atoms with van der Waals surface area (Å²) in [5.74, 6) is 0.337. The van der Waals surface area contributed by atoms with Crippen molar-refractivity contribution in [2.45, 2.75) is 44.9 Å². The van der Waals surface area contributed by atoms with E-state index in [0.717, 1.165) is 30.6 Å². The predicted molar refractivity (Wildman–Crippen MR) is 114 cm³/mol. The van der Waals surface area contributed by atoms with Crippen LogP contribution in [0.3, 0.4) is 0 Å². The first kappa shape index (κ1) is 20.0. The van der Waals surface area contributed by atoms with Gasteiger partial charge in [-0.25, -0.2) is 0 Å². The van der Waals surface area contributed by atoms with Crippen LogP contribution in [0.25, 0.3) is 0 Å². The quantitative estimate of drug-likeness (QED) is 0.756. The number of carbonyl (C=O) groups is 2. The van der Waals surface area contributed by atoms with Crippen molar-refractivity contribution in [2.24, 2.45) is 0 Å². The van der Waals surface area contributed by atoms with Gasteiger partial charge in [0.1, 0.15) is 0 Å². The molecule has 1 aliphatic heterocycles. The van der Waals surface area contributed by atoms with Gasteiger partial charge in [-0.1, -0.05) is 17.7 Å². The number of benzene rings is 1. The standard InChI is InChI=1S/C21H26N2O2S2/c1-14-6-9-17(10-7-14)22-20(24)13-26-16(3)21(25)23-12-4-5-18(23)19-11-8-15(2)27-19/h6-11,16,18H,4-5,12-13H2,1-3H3,(H,22,24). The lowest BCUT2D eigenvalue weighted by Crippen LogP contribution is -2.36. The zero-order valence-corrected chi connectivity index (χ0v) is 17.7. The van der Waals surface area contributed by atoms with Gasteiger partial charge in [-0.05, 0) is 57.9 Å². The molecule has 0 saturated carbocycles. The highest BCUT2D eigenvalue weighted by Gasteiger charge is 2.33. The molecule has 1 aromatic carbocycles. The van der Waals surface area contributed by atoms with Gasteiger partial charge in [0, 0.05) is 22.0 Å². The molecule has 6 heteroatoms. The maximum atomic E-state index is 12.9. The van der Waals surface area contributed by atoms with E-state index >= 15 is 0 Å². The van der Waals surface area contributed by atoms with Gasteiger partial charge in [0.25, 0.3) is 0 Å². The van der Waals surface area contributed by atoms with Crippen LogP contribution in [-0.4, -0.2) is 34.3 Å². The predicted octanol–water partition coefficient (Wildman–Crippen LogP) is 4.79. The van der Waals surface area contributed by atoms with Crippen LogP contribution in [0.5, 0.6) is 0 Å². The fourth-order valence-electron chi connectivity index (χ4n) is 3.30. The third-order valence-electron chi connectivity index (χ3n) is 4.77. The van der Waals surface area contributed by atoms with Crippen LogP contribution >= 0.6 is 23.1 Å². The molecule has 3 rings (SSSR count). The van der Waals surface area contributed by atoms with Crippen LogP contribution < -0.4 is 5.32 Å². The largest absolute Gasteiger partial charge is 0.334 e. The molecule has 0 spiro atoms. The van der Waals surface area contributed by atoms with E-state index in [9.17, 15) is 9.59 Å². The number of hydrogen-bond acceptors (Lipinski definition) is 4. The summed E-state index contributed by atoms with van der Waals surface area (Å²) in [7, 11) is 0. The van der Waals surface area contributed by atoms with Crippen molar-refractivity contribution in [1.82, 2.24) is 4.90 Å². The maximum Gasteiger partial charge on any atom is 0.235 e. The molecule has 1 aliphatic rings. The minimum atomic E-state index is -0.226. The minimum absolute atomic E-state index is 0.0737. The van der Waals surface area contributed by atoms with E-state index in [-0.39, 0.29) is 28.9 Å². The van der Waals surface area contributed by atoms with Crippen molar-refractivity contribution >= 4 is 40.6 Å². The second-order valence-corrected chi connectivity index (χ2v) is 9.65. The molecule has 2 heterocycles. The number of amides is 2. The summed E-state index contributed by atoms with van der Waals surface area (Å²) in [6.07, 6.45) is 2.07. The lowest BCUT2D eigenvalue weighted by atomic mass is 10.2. The van der Waals surface area contributed by atoms with Gasteiger partial charge in [0.05, 0.1) is 17.0 Å². The Bertz CT molecular complexity index is 801. The van der Waals surface area contributed by atoms with E-state index in [1.807, 2.05) is 43.0 Å². The Kier molecular flexibility index (Phi) is 6.60. The van der Waals surface area contributed by atoms with Gasteiger partial charge in [0.2, 0.25) is 11.8 Å². The van der Waals surface area contributed by atoms with Gasteiger partial charge in [-0.3, -0.25) is 9.59 Å². The van der Waals surface area contributed by atoms with E-state index < -0.39 is 0 Å². The maximum absolute atomic E-state index is 12.9. The molecule has 0 radical (unpaired) electrons. The minimum Gasteiger partial charge on any atom is -0.334 e. The molecule has 2 atom stereocenters. The summed E-state index contributed by atoms with van der Waals surface area (Å²) in [6.45, 7) is 6.82. The highest BCUT2D eigenvalue weighted by Crippen LogP contribution is 2.36. The molecule has 144 valence electrons. The molecule has 1 N–H and O–H groups in total. The smallest absolute Gasteiger partial charge is 0.235 e. The van der Waals surface area contributed by atoms with E-state index in [1.165, 1.54) is 21.5 Å². The molecule has 0 aliphatic carbocycles. The molecular weight excluding hydrogens is 376 g/mol. The molecule has 27 heavy (non-hydrogen) atoms. The van der Waals surface area contributed by atoms with Crippen LogP contribution in [0.4, 0.5) is 5.69 Å². The SMILES string of the molecule is Cc1ccc(NC(=O)CSC(C)C(=O)N2CCCC2c2ccc(C)s2)cc1. The van der Waals surface area contributed by atoms with Crippen molar-refractivity contribution in [3.63, 3.8) is 0 Å². The summed E-state index contributed by atoms with van der Waals surface area (Å²) in [6, 6.07) is 12.2. The summed E-state index contributed by atoms with van der Waals surface area (Å²) >= 11 is 3.18. The Morgan fingerprint density at radius 2 is 1.96 bits per heavy atom. The highest BCUT2D eigenvalue weighted by molar-refractivity contribution is 8.01. The van der Waals surface area contributed by atoms with Crippen LogP contribution in [0.2, 0.25) is 0 Å². The molecule has 1 fully saturated rings. The van der Waals surface area contributed by atoms with Crippen molar-refractivity contribution < 1.29 is 9.59 Å². The average Bonchev–Trinajstić information content (AvgIpc) is 3.29. The van der Waals surface area contributed by atoms with Crippen molar-refractivity contribution in [2.75, 3.05) is 17.6 Å². The fourth-order valence-corrected chi connectivity index (χ4v) is 5.07. The third-order valence-corrected chi connectivity index (χ3v) is 7.01. The zero-order chi connectivity index (χ0) is 19.4. The van der Waals surface area contributed by atoms with Crippen LogP contribution in [-0.2, 0) is 9.59 Å². The molecule has 1 aromatic heterocycles. The Morgan fingerprint density at radius 3 is 2.63 bits per heavy atom. The van der Waals surface area contributed by atoms with E-state index in [4.69, 9.17) is 0 Å². The lowest BCUT2D eigenvalue weighted by molar-refractivity contribution is -0.131. The zero-order valence-electron chi connectivity index (χ0n) is 16.0. The number of rotatable bonds is 6. The van der Waals surface area contributed by atoms with Crippen LogP contribution in [0.1, 0.15) is 41.1 Å². The van der Waals surface area contributed by atoms with Gasteiger partial charge >= 0.3 is 0 Å². The average molecular weight is 403 g/mol. The number of nitrogens with one attached hydrogen (secondary N) is 1. The molecule has 2 amide bonds. The van der Waals surface area contributed by atoms with Crippen molar-refractivity contribution in [1.29, 1.82) is 0 Å². The van der Waals surface area contributed by atoms with Gasteiger partial charge in [-0.15, -0.1) is 23.1 Å². The normalized spacial score (nSPS) is 17.7. The first-order valence-corrected chi connectivity index (χ1v) is 11.2. The fraction of sp³-hybridized carbons (Fsp3) is 0.429. The number of likely N-dealkylation sites (tertiary alicyclic amines) is 1. The summed E-state index contributed by atoms with van der Waals surface area (Å²) < 4.78 is 0. The summed E-state index contributed by atoms with van der Waals surface area (Å²) in [5, 5.41) is 2.66. The molecule has 0 bridgehead atoms. The second-order valence-electron chi connectivity index (χ2n) is 7.01. The molecule has 1 saturated heterocycles. The highest BCUT2D eigenvalue weighted by atomic mass is 32.2. The number of aryl methyl sites for hydroxylation is 2. The monoisotopic (exact) mass is 402 g/mol. The number of nitrogens with zero attached hydrogens (tertiary/aromatic N) is 1. The van der Waals surface area contributed by atoms with Gasteiger partial charge in [0.15, 0.2) is 0 Å². The van der Waals surface area contributed by atoms with E-state index in [0.29, 0.717) is 0 Å². The van der Waals surface area contributed by atoms with Crippen molar-refractivity contribution in [3.8, 4) is 0 Å². The summed E-state index contributed by atoms with van der Waals surface area (Å²) in [5.41, 5.74) is 1.94. The number of hydrogen-bond donors (Lipinski definition) is 1. The molecule has 2 unspecified atom stereocenters. The van der Waals surface area contributed by atoms with Gasteiger partial charge in [-0.2, -0.15) is 0 Å². The number of carbonyl (C=O) groups excluding carboxylic acids is 2.